The van der Waals surface area contributed by atoms with E-state index in [1.54, 1.807) is 0 Å². The summed E-state index contributed by atoms with van der Waals surface area (Å²) in [6, 6.07) is 9.83. The maximum atomic E-state index is 12.9. The lowest BCUT2D eigenvalue weighted by Crippen LogP contribution is -2.51. The molecule has 1 aromatic rings. The maximum Gasteiger partial charge on any atom is 0.224 e. The Morgan fingerprint density at radius 3 is 2.64 bits per heavy atom. The molecule has 5 heteroatoms. The van der Waals surface area contributed by atoms with Crippen LogP contribution in [0.5, 0.6) is 0 Å². The number of benzene rings is 1. The van der Waals surface area contributed by atoms with Crippen molar-refractivity contribution in [1.82, 2.24) is 10.2 Å². The van der Waals surface area contributed by atoms with E-state index in [0.717, 1.165) is 26.0 Å². The molecule has 2 aliphatic carbocycles. The Morgan fingerprint density at radius 2 is 2.00 bits per heavy atom. The Labute approximate surface area is 156 Å². The number of carbonyl (C=O) groups excluding carboxylic acids is 1. The van der Waals surface area contributed by atoms with Crippen LogP contribution in [0.3, 0.4) is 0 Å². The average molecular weight is 365 g/mol. The molecule has 0 aromatic heterocycles. The molecule has 1 heterocycles. The molecule has 138 valence electrons. The molecule has 0 spiro atoms. The molecule has 1 aliphatic heterocycles. The van der Waals surface area contributed by atoms with E-state index >= 15 is 0 Å². The summed E-state index contributed by atoms with van der Waals surface area (Å²) >= 11 is 0. The first kappa shape index (κ1) is 18.7. The number of hydrogen-bond donors (Lipinski definition) is 1. The highest BCUT2D eigenvalue weighted by atomic mass is 35.5. The van der Waals surface area contributed by atoms with Crippen LogP contribution in [0, 0.1) is 6.92 Å². The van der Waals surface area contributed by atoms with E-state index in [1.807, 2.05) is 0 Å². The fourth-order valence-electron chi connectivity index (χ4n) is 4.24. The molecular weight excluding hydrogens is 336 g/mol. The van der Waals surface area contributed by atoms with Crippen LogP contribution in [0.25, 0.3) is 0 Å². The Bertz CT molecular complexity index is 593. The molecular formula is C20H29ClN2O2. The maximum absolute atomic E-state index is 12.9. The fourth-order valence-corrected chi connectivity index (χ4v) is 4.24. The van der Waals surface area contributed by atoms with Crippen LogP contribution in [0.2, 0.25) is 0 Å². The molecule has 0 radical (unpaired) electrons. The van der Waals surface area contributed by atoms with Gasteiger partial charge in [0.15, 0.2) is 0 Å². The number of hydrogen-bond acceptors (Lipinski definition) is 3. The second kappa shape index (κ2) is 8.07. The van der Waals surface area contributed by atoms with Crippen LogP contribution < -0.4 is 5.32 Å². The third-order valence-corrected chi connectivity index (χ3v) is 5.78. The topological polar surface area (TPSA) is 41.6 Å². The molecule has 3 fully saturated rings. The summed E-state index contributed by atoms with van der Waals surface area (Å²) in [6.07, 6.45) is 5.21. The third-order valence-electron chi connectivity index (χ3n) is 5.78. The summed E-state index contributed by atoms with van der Waals surface area (Å²) in [4.78, 5) is 15.1. The van der Waals surface area contributed by atoms with Crippen LogP contribution in [0.15, 0.2) is 24.3 Å². The summed E-state index contributed by atoms with van der Waals surface area (Å²) in [5.74, 6) is 0.954. The van der Waals surface area contributed by atoms with Gasteiger partial charge in [-0.1, -0.05) is 24.3 Å². The molecule has 1 aromatic carbocycles. The molecule has 4 rings (SSSR count). The average Bonchev–Trinajstić information content (AvgIpc) is 3.37. The van der Waals surface area contributed by atoms with Gasteiger partial charge in [-0.05, 0) is 49.7 Å². The van der Waals surface area contributed by atoms with Gasteiger partial charge >= 0.3 is 0 Å². The number of nitrogens with zero attached hydrogens (tertiary/aromatic N) is 1. The van der Waals surface area contributed by atoms with E-state index in [4.69, 9.17) is 4.74 Å². The highest BCUT2D eigenvalue weighted by molar-refractivity contribution is 5.85. The van der Waals surface area contributed by atoms with Gasteiger partial charge in [-0.15, -0.1) is 12.4 Å². The molecule has 1 N–H and O–H groups in total. The lowest BCUT2D eigenvalue weighted by atomic mass is 9.73. The van der Waals surface area contributed by atoms with Crippen molar-refractivity contribution in [3.8, 4) is 0 Å². The molecule has 3 aliphatic rings. The number of ether oxygens (including phenoxy) is 1. The molecule has 2 saturated carbocycles. The first-order chi connectivity index (χ1) is 11.7. The molecule has 1 saturated heterocycles. The van der Waals surface area contributed by atoms with Gasteiger partial charge in [0.2, 0.25) is 5.91 Å². The Hall–Kier alpha value is -1.10. The van der Waals surface area contributed by atoms with E-state index in [-0.39, 0.29) is 18.4 Å². The van der Waals surface area contributed by atoms with Crippen molar-refractivity contribution >= 4 is 18.3 Å². The highest BCUT2D eigenvalue weighted by Crippen LogP contribution is 2.44. The minimum absolute atomic E-state index is 0. The summed E-state index contributed by atoms with van der Waals surface area (Å²) in [6.45, 7) is 4.49. The van der Waals surface area contributed by atoms with Crippen LogP contribution in [0.4, 0.5) is 0 Å². The SMILES string of the molecule is Cc1ccccc1C1CC(N(C(=O)CC2COCCN2)C2CC2)C1.Cl. The predicted molar refractivity (Wildman–Crippen MR) is 101 cm³/mol. The zero-order valence-electron chi connectivity index (χ0n) is 14.9. The van der Waals surface area contributed by atoms with E-state index < -0.39 is 0 Å². The van der Waals surface area contributed by atoms with Crippen molar-refractivity contribution in [2.45, 2.75) is 63.1 Å². The number of amides is 1. The molecule has 1 amide bonds. The molecule has 1 atom stereocenters. The van der Waals surface area contributed by atoms with Gasteiger partial charge in [0, 0.05) is 31.1 Å². The van der Waals surface area contributed by atoms with Crippen LogP contribution in [-0.2, 0) is 9.53 Å². The molecule has 4 nitrogen and oxygen atoms in total. The standard InChI is InChI=1S/C20H28N2O2.ClH/c1-14-4-2-3-5-19(14)15-10-18(11-15)22(17-6-7-17)20(23)12-16-13-24-9-8-21-16;/h2-5,15-18,21H,6-13H2,1H3;1H. The largest absolute Gasteiger partial charge is 0.378 e. The summed E-state index contributed by atoms with van der Waals surface area (Å²) in [7, 11) is 0. The number of morpholine rings is 1. The van der Waals surface area contributed by atoms with Gasteiger partial charge in [-0.2, -0.15) is 0 Å². The van der Waals surface area contributed by atoms with Crippen molar-refractivity contribution in [3.05, 3.63) is 35.4 Å². The highest BCUT2D eigenvalue weighted by Gasteiger charge is 2.43. The molecule has 0 bridgehead atoms. The van der Waals surface area contributed by atoms with E-state index in [9.17, 15) is 4.79 Å². The van der Waals surface area contributed by atoms with Gasteiger partial charge < -0.3 is 15.0 Å². The van der Waals surface area contributed by atoms with Crippen molar-refractivity contribution in [2.75, 3.05) is 19.8 Å². The summed E-state index contributed by atoms with van der Waals surface area (Å²) < 4.78 is 5.49. The zero-order chi connectivity index (χ0) is 16.5. The minimum atomic E-state index is 0. The zero-order valence-corrected chi connectivity index (χ0v) is 15.8. The molecule has 25 heavy (non-hydrogen) atoms. The quantitative estimate of drug-likeness (QED) is 0.873. The van der Waals surface area contributed by atoms with Gasteiger partial charge in [0.1, 0.15) is 0 Å². The van der Waals surface area contributed by atoms with Crippen molar-refractivity contribution in [2.24, 2.45) is 0 Å². The van der Waals surface area contributed by atoms with Crippen LogP contribution in [-0.4, -0.2) is 48.7 Å². The van der Waals surface area contributed by atoms with Crippen LogP contribution >= 0.6 is 12.4 Å². The summed E-state index contributed by atoms with van der Waals surface area (Å²) in [5, 5.41) is 3.41. The number of nitrogens with one attached hydrogen (secondary N) is 1. The Kier molecular flexibility index (Phi) is 6.03. The second-order valence-corrected chi connectivity index (χ2v) is 7.64. The lowest BCUT2D eigenvalue weighted by molar-refractivity contribution is -0.137. The van der Waals surface area contributed by atoms with Gasteiger partial charge in [-0.3, -0.25) is 4.79 Å². The first-order valence-corrected chi connectivity index (χ1v) is 9.40. The molecule has 1 unspecified atom stereocenters. The van der Waals surface area contributed by atoms with Crippen LogP contribution in [0.1, 0.15) is 49.1 Å². The number of halogens is 1. The summed E-state index contributed by atoms with van der Waals surface area (Å²) in [5.41, 5.74) is 2.85. The Morgan fingerprint density at radius 1 is 1.24 bits per heavy atom. The fraction of sp³-hybridized carbons (Fsp3) is 0.650. The van der Waals surface area contributed by atoms with Gasteiger partial charge in [0.05, 0.1) is 13.2 Å². The van der Waals surface area contributed by atoms with Crippen molar-refractivity contribution in [3.63, 3.8) is 0 Å². The van der Waals surface area contributed by atoms with E-state index in [1.165, 1.54) is 24.0 Å². The number of rotatable bonds is 5. The lowest BCUT2D eigenvalue weighted by Gasteiger charge is -2.44. The number of carbonyl (C=O) groups is 1. The normalized spacial score (nSPS) is 28.6. The van der Waals surface area contributed by atoms with E-state index in [0.29, 0.717) is 36.9 Å². The van der Waals surface area contributed by atoms with Gasteiger partial charge in [0.25, 0.3) is 0 Å². The third kappa shape index (κ3) is 4.18. The predicted octanol–water partition coefficient (Wildman–Crippen LogP) is 3.03. The first-order valence-electron chi connectivity index (χ1n) is 9.40. The van der Waals surface area contributed by atoms with Crippen molar-refractivity contribution in [1.29, 1.82) is 0 Å². The van der Waals surface area contributed by atoms with Crippen molar-refractivity contribution < 1.29 is 9.53 Å². The minimum Gasteiger partial charge on any atom is -0.378 e. The number of aryl methyl sites for hydroxylation is 1. The van der Waals surface area contributed by atoms with E-state index in [2.05, 4.69) is 41.4 Å². The smallest absolute Gasteiger partial charge is 0.224 e. The van der Waals surface area contributed by atoms with Gasteiger partial charge in [-0.25, -0.2) is 0 Å². The Balaban J connectivity index is 0.00000182. The monoisotopic (exact) mass is 364 g/mol. The second-order valence-electron chi connectivity index (χ2n) is 7.64.